The van der Waals surface area contributed by atoms with Crippen LogP contribution in [0.3, 0.4) is 0 Å². The summed E-state index contributed by atoms with van der Waals surface area (Å²) in [5, 5.41) is 0.0939. The van der Waals surface area contributed by atoms with Gasteiger partial charge in [-0.1, -0.05) is 57.3 Å². The molecule has 0 bridgehead atoms. The number of benzene rings is 1. The van der Waals surface area contributed by atoms with Gasteiger partial charge in [-0.15, -0.1) is 0 Å². The van der Waals surface area contributed by atoms with Crippen LogP contribution >= 0.6 is 43.6 Å². The number of thioether (sulfide) groups is 1. The third-order valence-corrected chi connectivity index (χ3v) is 4.78. The zero-order valence-corrected chi connectivity index (χ0v) is 19.4. The SMILES string of the molecule is CCCCc1ccc(SC(=O)N(CC(C)(C)Br)CC(C)(C)Br)cc1. The Morgan fingerprint density at radius 2 is 1.54 bits per heavy atom. The summed E-state index contributed by atoms with van der Waals surface area (Å²) in [5.74, 6) is 0. The Hall–Kier alpha value is 0. The molecule has 0 saturated heterocycles. The number of hydrogen-bond acceptors (Lipinski definition) is 2. The highest BCUT2D eigenvalue weighted by atomic mass is 79.9. The van der Waals surface area contributed by atoms with Crippen molar-refractivity contribution >= 4 is 48.9 Å². The number of carbonyl (C=O) groups excluding carboxylic acids is 1. The van der Waals surface area contributed by atoms with Crippen molar-refractivity contribution in [2.45, 2.75) is 67.4 Å². The average molecular weight is 479 g/mol. The summed E-state index contributed by atoms with van der Waals surface area (Å²) >= 11 is 8.62. The summed E-state index contributed by atoms with van der Waals surface area (Å²) in [6, 6.07) is 8.39. The van der Waals surface area contributed by atoms with E-state index >= 15 is 0 Å². The average Bonchev–Trinajstić information content (AvgIpc) is 2.43. The first-order valence-corrected chi connectivity index (χ1v) is 10.8. The summed E-state index contributed by atoms with van der Waals surface area (Å²) in [7, 11) is 0. The Balaban J connectivity index is 2.76. The number of alkyl halides is 2. The molecule has 5 heteroatoms. The molecule has 0 spiro atoms. The van der Waals surface area contributed by atoms with Crippen molar-refractivity contribution in [3.63, 3.8) is 0 Å². The van der Waals surface area contributed by atoms with Gasteiger partial charge in [-0.05, 0) is 70.0 Å². The van der Waals surface area contributed by atoms with E-state index in [1.165, 1.54) is 30.2 Å². The fourth-order valence-corrected chi connectivity index (χ4v) is 3.70. The predicted octanol–water partition coefficient (Wildman–Crippen LogP) is 6.89. The Bertz CT molecular complexity index is 502. The first-order valence-electron chi connectivity index (χ1n) is 8.44. The largest absolute Gasteiger partial charge is 0.331 e. The quantitative estimate of drug-likeness (QED) is 0.299. The number of nitrogens with zero attached hydrogens (tertiary/aromatic N) is 1. The van der Waals surface area contributed by atoms with Crippen LogP contribution in [0, 0.1) is 0 Å². The van der Waals surface area contributed by atoms with E-state index in [-0.39, 0.29) is 13.9 Å². The molecule has 0 fully saturated rings. The van der Waals surface area contributed by atoms with Crippen molar-refractivity contribution in [2.24, 2.45) is 0 Å². The van der Waals surface area contributed by atoms with Crippen molar-refractivity contribution < 1.29 is 4.79 Å². The number of amides is 1. The third kappa shape index (κ3) is 9.47. The van der Waals surface area contributed by atoms with Gasteiger partial charge in [0.1, 0.15) is 0 Å². The van der Waals surface area contributed by atoms with E-state index in [1.807, 2.05) is 4.90 Å². The van der Waals surface area contributed by atoms with E-state index < -0.39 is 0 Å². The van der Waals surface area contributed by atoms with Gasteiger partial charge in [0.25, 0.3) is 5.24 Å². The molecular weight excluding hydrogens is 450 g/mol. The summed E-state index contributed by atoms with van der Waals surface area (Å²) in [6.45, 7) is 11.9. The van der Waals surface area contributed by atoms with Gasteiger partial charge in [0.2, 0.25) is 0 Å². The Morgan fingerprint density at radius 3 is 1.96 bits per heavy atom. The van der Waals surface area contributed by atoms with Gasteiger partial charge in [-0.3, -0.25) is 4.79 Å². The molecule has 0 N–H and O–H groups in total. The maximum atomic E-state index is 12.8. The minimum atomic E-state index is -0.106. The fourth-order valence-electron chi connectivity index (χ4n) is 2.36. The first-order chi connectivity index (χ1) is 11.0. The molecule has 0 heterocycles. The lowest BCUT2D eigenvalue weighted by atomic mass is 10.1. The number of unbranched alkanes of at least 4 members (excludes halogenated alkanes) is 1. The standard InChI is InChI=1S/C19H29Br2NOS/c1-6-7-8-15-9-11-16(12-10-15)24-17(23)22(13-18(2,3)20)14-19(4,5)21/h9-12H,6-8,13-14H2,1-5H3. The second kappa shape index (κ2) is 9.63. The molecule has 0 radical (unpaired) electrons. The summed E-state index contributed by atoms with van der Waals surface area (Å²) < 4.78 is -0.211. The smallest absolute Gasteiger partial charge is 0.286 e. The lowest BCUT2D eigenvalue weighted by Crippen LogP contribution is -2.43. The molecule has 0 saturated carbocycles. The van der Waals surface area contributed by atoms with Crippen molar-refractivity contribution in [1.29, 1.82) is 0 Å². The lowest BCUT2D eigenvalue weighted by molar-refractivity contribution is 0.215. The van der Waals surface area contributed by atoms with Crippen molar-refractivity contribution in [3.05, 3.63) is 29.8 Å². The van der Waals surface area contributed by atoms with Gasteiger partial charge < -0.3 is 4.90 Å². The van der Waals surface area contributed by atoms with Crippen molar-refractivity contribution in [2.75, 3.05) is 13.1 Å². The molecule has 0 atom stereocenters. The Kier molecular flexibility index (Phi) is 8.84. The van der Waals surface area contributed by atoms with Gasteiger partial charge in [0.05, 0.1) is 0 Å². The summed E-state index contributed by atoms with van der Waals surface area (Å²) in [4.78, 5) is 15.7. The van der Waals surface area contributed by atoms with Gasteiger partial charge in [0, 0.05) is 26.6 Å². The normalized spacial score (nSPS) is 12.3. The van der Waals surface area contributed by atoms with Crippen LogP contribution in [0.4, 0.5) is 4.79 Å². The Morgan fingerprint density at radius 1 is 1.04 bits per heavy atom. The molecule has 24 heavy (non-hydrogen) atoms. The van der Waals surface area contributed by atoms with Crippen LogP contribution < -0.4 is 0 Å². The molecule has 1 aromatic rings. The van der Waals surface area contributed by atoms with Gasteiger partial charge >= 0.3 is 0 Å². The molecule has 0 aliphatic carbocycles. The van der Waals surface area contributed by atoms with Crippen LogP contribution in [0.2, 0.25) is 0 Å². The maximum Gasteiger partial charge on any atom is 0.286 e. The second-order valence-corrected chi connectivity index (χ2v) is 12.7. The monoisotopic (exact) mass is 477 g/mol. The molecule has 0 aliphatic rings. The van der Waals surface area contributed by atoms with Crippen LogP contribution in [0.1, 0.15) is 53.0 Å². The minimum absolute atomic E-state index is 0.0939. The van der Waals surface area contributed by atoms with Gasteiger partial charge in [-0.2, -0.15) is 0 Å². The number of aryl methyl sites for hydroxylation is 1. The van der Waals surface area contributed by atoms with Crippen LogP contribution in [-0.2, 0) is 6.42 Å². The lowest BCUT2D eigenvalue weighted by Gasteiger charge is -2.32. The topological polar surface area (TPSA) is 20.3 Å². The zero-order valence-electron chi connectivity index (χ0n) is 15.4. The van der Waals surface area contributed by atoms with Crippen molar-refractivity contribution in [1.82, 2.24) is 4.90 Å². The molecule has 0 aliphatic heterocycles. The van der Waals surface area contributed by atoms with Crippen LogP contribution in [-0.4, -0.2) is 31.9 Å². The number of hydrogen-bond donors (Lipinski definition) is 0. The second-order valence-electron chi connectivity index (χ2n) is 7.41. The van der Waals surface area contributed by atoms with Crippen LogP contribution in [0.15, 0.2) is 29.2 Å². The van der Waals surface area contributed by atoms with E-state index in [1.54, 1.807) is 0 Å². The zero-order chi connectivity index (χ0) is 18.4. The van der Waals surface area contributed by atoms with E-state index in [9.17, 15) is 4.79 Å². The minimum Gasteiger partial charge on any atom is -0.331 e. The van der Waals surface area contributed by atoms with E-state index in [4.69, 9.17) is 0 Å². The summed E-state index contributed by atoms with van der Waals surface area (Å²) in [6.07, 6.45) is 3.52. The fraction of sp³-hybridized carbons (Fsp3) is 0.632. The molecule has 1 aromatic carbocycles. The number of rotatable bonds is 8. The summed E-state index contributed by atoms with van der Waals surface area (Å²) in [5.41, 5.74) is 1.34. The molecule has 2 nitrogen and oxygen atoms in total. The van der Waals surface area contributed by atoms with Gasteiger partial charge in [-0.25, -0.2) is 0 Å². The first kappa shape index (κ1) is 22.0. The highest BCUT2D eigenvalue weighted by molar-refractivity contribution is 9.10. The molecular formula is C19H29Br2NOS. The highest BCUT2D eigenvalue weighted by Gasteiger charge is 2.27. The van der Waals surface area contributed by atoms with Crippen LogP contribution in [0.25, 0.3) is 0 Å². The molecule has 0 aromatic heterocycles. The van der Waals surface area contributed by atoms with E-state index in [2.05, 4.69) is 90.7 Å². The predicted molar refractivity (Wildman–Crippen MR) is 114 cm³/mol. The Labute approximate surface area is 168 Å². The number of carbonyl (C=O) groups is 1. The number of halogens is 2. The molecule has 0 unspecified atom stereocenters. The van der Waals surface area contributed by atoms with E-state index in [0.29, 0.717) is 13.1 Å². The van der Waals surface area contributed by atoms with E-state index in [0.717, 1.165) is 11.3 Å². The molecule has 136 valence electrons. The van der Waals surface area contributed by atoms with Gasteiger partial charge in [0.15, 0.2) is 0 Å². The van der Waals surface area contributed by atoms with Crippen molar-refractivity contribution in [3.8, 4) is 0 Å². The highest BCUT2D eigenvalue weighted by Crippen LogP contribution is 2.28. The molecule has 1 rings (SSSR count). The maximum absolute atomic E-state index is 12.8. The van der Waals surface area contributed by atoms with Crippen LogP contribution in [0.5, 0.6) is 0 Å². The molecule has 1 amide bonds. The third-order valence-electron chi connectivity index (χ3n) is 3.34.